The van der Waals surface area contributed by atoms with Crippen LogP contribution in [0.5, 0.6) is 5.75 Å². The van der Waals surface area contributed by atoms with Crippen LogP contribution in [-0.2, 0) is 16.8 Å². The summed E-state index contributed by atoms with van der Waals surface area (Å²) < 4.78 is 5.60. The summed E-state index contributed by atoms with van der Waals surface area (Å²) in [5.74, 6) is 0.0405. The van der Waals surface area contributed by atoms with E-state index in [9.17, 15) is 9.59 Å². The van der Waals surface area contributed by atoms with Crippen LogP contribution in [0.3, 0.4) is 0 Å². The van der Waals surface area contributed by atoms with Crippen LogP contribution in [0.4, 0.5) is 5.69 Å². The highest BCUT2D eigenvalue weighted by Crippen LogP contribution is 2.24. The van der Waals surface area contributed by atoms with Gasteiger partial charge < -0.3 is 15.4 Å². The Hall–Kier alpha value is -3.60. The van der Waals surface area contributed by atoms with E-state index in [1.807, 2.05) is 54.6 Å². The van der Waals surface area contributed by atoms with Crippen LogP contribution in [0.25, 0.3) is 0 Å². The van der Waals surface area contributed by atoms with Crippen molar-refractivity contribution in [3.63, 3.8) is 0 Å². The van der Waals surface area contributed by atoms with Crippen LogP contribution in [-0.4, -0.2) is 18.4 Å². The zero-order chi connectivity index (χ0) is 22.3. The first-order valence-electron chi connectivity index (χ1n) is 10.3. The van der Waals surface area contributed by atoms with E-state index in [1.165, 1.54) is 5.56 Å². The first-order chi connectivity index (χ1) is 14.8. The molecule has 0 atom stereocenters. The third-order valence-corrected chi connectivity index (χ3v) is 4.83. The minimum Gasteiger partial charge on any atom is -0.484 e. The normalized spacial score (nSPS) is 10.9. The van der Waals surface area contributed by atoms with Crippen molar-refractivity contribution in [3.05, 3.63) is 95.6 Å². The molecule has 2 N–H and O–H groups in total. The van der Waals surface area contributed by atoms with E-state index in [2.05, 4.69) is 31.4 Å². The van der Waals surface area contributed by atoms with Gasteiger partial charge >= 0.3 is 0 Å². The maximum Gasteiger partial charge on any atom is 0.262 e. The predicted molar refractivity (Wildman–Crippen MR) is 123 cm³/mol. The third kappa shape index (κ3) is 6.44. The molecular formula is C26H28N2O3. The van der Waals surface area contributed by atoms with Crippen molar-refractivity contribution in [2.75, 3.05) is 11.9 Å². The Morgan fingerprint density at radius 3 is 2.16 bits per heavy atom. The molecule has 0 aliphatic carbocycles. The molecule has 3 aromatic carbocycles. The molecule has 0 aliphatic rings. The Kier molecular flexibility index (Phi) is 7.08. The molecule has 5 nitrogen and oxygen atoms in total. The van der Waals surface area contributed by atoms with Gasteiger partial charge in [-0.15, -0.1) is 0 Å². The molecule has 0 fully saturated rings. The monoisotopic (exact) mass is 416 g/mol. The first-order valence-corrected chi connectivity index (χ1v) is 10.3. The zero-order valence-corrected chi connectivity index (χ0v) is 18.1. The second kappa shape index (κ2) is 9.94. The average Bonchev–Trinajstić information content (AvgIpc) is 2.77. The van der Waals surface area contributed by atoms with Gasteiger partial charge in [-0.05, 0) is 40.8 Å². The maximum atomic E-state index is 12.6. The summed E-state index contributed by atoms with van der Waals surface area (Å²) in [6, 6.07) is 24.3. The fourth-order valence-electron chi connectivity index (χ4n) is 3.05. The number of para-hydroxylation sites is 1. The second-order valence-electron chi connectivity index (χ2n) is 8.33. The molecule has 160 valence electrons. The van der Waals surface area contributed by atoms with Crippen molar-refractivity contribution >= 4 is 17.5 Å². The molecule has 0 bridgehead atoms. The van der Waals surface area contributed by atoms with E-state index in [4.69, 9.17) is 4.74 Å². The molecule has 0 aliphatic heterocycles. The van der Waals surface area contributed by atoms with E-state index in [0.717, 1.165) is 5.56 Å². The van der Waals surface area contributed by atoms with E-state index in [-0.39, 0.29) is 23.8 Å². The summed E-state index contributed by atoms with van der Waals surface area (Å²) in [5, 5.41) is 5.65. The van der Waals surface area contributed by atoms with Gasteiger partial charge in [0, 0.05) is 6.54 Å². The molecule has 31 heavy (non-hydrogen) atoms. The van der Waals surface area contributed by atoms with Crippen LogP contribution >= 0.6 is 0 Å². The molecule has 5 heteroatoms. The van der Waals surface area contributed by atoms with Gasteiger partial charge in [0.15, 0.2) is 6.61 Å². The number of hydrogen-bond acceptors (Lipinski definition) is 3. The van der Waals surface area contributed by atoms with Crippen LogP contribution in [0.2, 0.25) is 0 Å². The van der Waals surface area contributed by atoms with E-state index < -0.39 is 0 Å². The Balaban J connectivity index is 1.57. The van der Waals surface area contributed by atoms with E-state index >= 15 is 0 Å². The molecule has 2 amide bonds. The molecule has 0 spiro atoms. The van der Waals surface area contributed by atoms with E-state index in [0.29, 0.717) is 23.5 Å². The molecular weight excluding hydrogens is 388 g/mol. The zero-order valence-electron chi connectivity index (χ0n) is 18.1. The number of carbonyl (C=O) groups excluding carboxylic acids is 2. The van der Waals surface area contributed by atoms with Crippen molar-refractivity contribution in [2.24, 2.45) is 0 Å². The van der Waals surface area contributed by atoms with Crippen molar-refractivity contribution in [1.29, 1.82) is 0 Å². The fourth-order valence-corrected chi connectivity index (χ4v) is 3.05. The Bertz CT molecular complexity index is 1020. The largest absolute Gasteiger partial charge is 0.484 e. The van der Waals surface area contributed by atoms with Gasteiger partial charge in [-0.3, -0.25) is 9.59 Å². The van der Waals surface area contributed by atoms with Crippen molar-refractivity contribution in [1.82, 2.24) is 5.32 Å². The summed E-state index contributed by atoms with van der Waals surface area (Å²) in [4.78, 5) is 25.0. The lowest BCUT2D eigenvalue weighted by molar-refractivity contribution is -0.118. The standard InChI is InChI=1S/C26H28N2O3/c1-26(2,3)20-13-15-21(16-14-20)31-18-24(29)28-23-12-8-7-11-22(23)25(30)27-17-19-9-5-4-6-10-19/h4-16H,17-18H2,1-3H3,(H,27,30)(H,28,29). The summed E-state index contributed by atoms with van der Waals surface area (Å²) in [5.41, 5.74) is 3.11. The number of ether oxygens (including phenoxy) is 1. The number of nitrogens with one attached hydrogen (secondary N) is 2. The summed E-state index contributed by atoms with van der Waals surface area (Å²) in [7, 11) is 0. The van der Waals surface area contributed by atoms with Gasteiger partial charge in [0.1, 0.15) is 5.75 Å². The quantitative estimate of drug-likeness (QED) is 0.574. The summed E-state index contributed by atoms with van der Waals surface area (Å²) >= 11 is 0. The van der Waals surface area contributed by atoms with Crippen LogP contribution in [0.15, 0.2) is 78.9 Å². The second-order valence-corrected chi connectivity index (χ2v) is 8.33. The molecule has 0 unspecified atom stereocenters. The minimum atomic E-state index is -0.330. The molecule has 0 heterocycles. The number of anilines is 1. The third-order valence-electron chi connectivity index (χ3n) is 4.83. The van der Waals surface area contributed by atoms with Gasteiger partial charge in [0.05, 0.1) is 11.3 Å². The van der Waals surface area contributed by atoms with Gasteiger partial charge in [0.25, 0.3) is 11.8 Å². The molecule has 3 rings (SSSR count). The van der Waals surface area contributed by atoms with Crippen LogP contribution in [0.1, 0.15) is 42.3 Å². The lowest BCUT2D eigenvalue weighted by Crippen LogP contribution is -2.26. The predicted octanol–water partition coefficient (Wildman–Crippen LogP) is 4.93. The molecule has 0 saturated carbocycles. The van der Waals surface area contributed by atoms with Crippen molar-refractivity contribution in [2.45, 2.75) is 32.7 Å². The van der Waals surface area contributed by atoms with Crippen LogP contribution in [0, 0.1) is 0 Å². The number of rotatable bonds is 7. The molecule has 3 aromatic rings. The number of amides is 2. The van der Waals surface area contributed by atoms with Gasteiger partial charge in [-0.25, -0.2) is 0 Å². The Morgan fingerprint density at radius 2 is 1.48 bits per heavy atom. The number of carbonyl (C=O) groups is 2. The average molecular weight is 417 g/mol. The lowest BCUT2D eigenvalue weighted by Gasteiger charge is -2.19. The molecule has 0 saturated heterocycles. The van der Waals surface area contributed by atoms with Gasteiger partial charge in [-0.2, -0.15) is 0 Å². The molecule has 0 radical (unpaired) electrons. The number of hydrogen-bond donors (Lipinski definition) is 2. The highest BCUT2D eigenvalue weighted by Gasteiger charge is 2.15. The first kappa shape index (κ1) is 22.1. The van der Waals surface area contributed by atoms with Crippen molar-refractivity contribution < 1.29 is 14.3 Å². The minimum absolute atomic E-state index is 0.0562. The van der Waals surface area contributed by atoms with Crippen LogP contribution < -0.4 is 15.4 Å². The molecule has 0 aromatic heterocycles. The van der Waals surface area contributed by atoms with Crippen molar-refractivity contribution in [3.8, 4) is 5.75 Å². The maximum absolute atomic E-state index is 12.6. The smallest absolute Gasteiger partial charge is 0.262 e. The highest BCUT2D eigenvalue weighted by molar-refractivity contribution is 6.04. The lowest BCUT2D eigenvalue weighted by atomic mass is 9.87. The number of benzene rings is 3. The Morgan fingerprint density at radius 1 is 0.839 bits per heavy atom. The Labute approximate surface area is 183 Å². The van der Waals surface area contributed by atoms with Gasteiger partial charge in [0.2, 0.25) is 0 Å². The SMILES string of the molecule is CC(C)(C)c1ccc(OCC(=O)Nc2ccccc2C(=O)NCc2ccccc2)cc1. The van der Waals surface area contributed by atoms with Gasteiger partial charge in [-0.1, -0.05) is 75.4 Å². The summed E-state index contributed by atoms with van der Waals surface area (Å²) in [6.07, 6.45) is 0. The van der Waals surface area contributed by atoms with E-state index in [1.54, 1.807) is 24.3 Å². The summed E-state index contributed by atoms with van der Waals surface area (Å²) in [6.45, 7) is 6.70. The highest BCUT2D eigenvalue weighted by atomic mass is 16.5. The fraction of sp³-hybridized carbons (Fsp3) is 0.231. The topological polar surface area (TPSA) is 67.4 Å².